The predicted molar refractivity (Wildman–Crippen MR) is 42.3 cm³/mol. The van der Waals surface area contributed by atoms with Gasteiger partial charge in [0.2, 0.25) is 0 Å². The summed E-state index contributed by atoms with van der Waals surface area (Å²) in [5, 5.41) is 12.5. The summed E-state index contributed by atoms with van der Waals surface area (Å²) in [4.78, 5) is 4.18. The van der Waals surface area contributed by atoms with Gasteiger partial charge in [0.15, 0.2) is 5.65 Å². The SMILES string of the molecule is N#CCc1cn2ncccc2n1. The van der Waals surface area contributed by atoms with E-state index in [0.717, 1.165) is 11.3 Å². The van der Waals surface area contributed by atoms with Gasteiger partial charge in [0.25, 0.3) is 0 Å². The Morgan fingerprint density at radius 3 is 3.25 bits per heavy atom. The van der Waals surface area contributed by atoms with E-state index < -0.39 is 0 Å². The van der Waals surface area contributed by atoms with E-state index in [1.807, 2.05) is 18.2 Å². The average Bonchev–Trinajstić information content (AvgIpc) is 2.47. The number of rotatable bonds is 1. The minimum atomic E-state index is 0.337. The molecular weight excluding hydrogens is 152 g/mol. The summed E-state index contributed by atoms with van der Waals surface area (Å²) < 4.78 is 1.66. The zero-order chi connectivity index (χ0) is 8.39. The summed E-state index contributed by atoms with van der Waals surface area (Å²) >= 11 is 0. The zero-order valence-electron chi connectivity index (χ0n) is 6.31. The van der Waals surface area contributed by atoms with Crippen LogP contribution in [0.15, 0.2) is 24.5 Å². The second kappa shape index (κ2) is 2.62. The monoisotopic (exact) mass is 158 g/mol. The van der Waals surface area contributed by atoms with Crippen molar-refractivity contribution < 1.29 is 0 Å². The Labute approximate surface area is 69.1 Å². The maximum absolute atomic E-state index is 8.43. The van der Waals surface area contributed by atoms with Gasteiger partial charge in [0, 0.05) is 6.20 Å². The Morgan fingerprint density at radius 1 is 1.58 bits per heavy atom. The molecule has 0 aliphatic carbocycles. The molecule has 12 heavy (non-hydrogen) atoms. The normalized spacial score (nSPS) is 9.92. The highest BCUT2D eigenvalue weighted by molar-refractivity contribution is 5.37. The third kappa shape index (κ3) is 1.01. The molecule has 2 heterocycles. The highest BCUT2D eigenvalue weighted by Gasteiger charge is 1.99. The van der Waals surface area contributed by atoms with Gasteiger partial charge in [-0.2, -0.15) is 10.4 Å². The summed E-state index contributed by atoms with van der Waals surface area (Å²) in [5.74, 6) is 0. The van der Waals surface area contributed by atoms with E-state index in [0.29, 0.717) is 6.42 Å². The molecule has 0 spiro atoms. The molecule has 0 amide bonds. The fraction of sp³-hybridized carbons (Fsp3) is 0.125. The second-order valence-electron chi connectivity index (χ2n) is 2.39. The molecule has 4 heteroatoms. The van der Waals surface area contributed by atoms with Gasteiger partial charge in [-0.15, -0.1) is 0 Å². The molecule has 58 valence electrons. The van der Waals surface area contributed by atoms with Gasteiger partial charge in [-0.05, 0) is 12.1 Å². The average molecular weight is 158 g/mol. The molecule has 2 aromatic rings. The first-order valence-electron chi connectivity index (χ1n) is 3.56. The summed E-state index contributed by atoms with van der Waals surface area (Å²) in [5.41, 5.74) is 1.54. The lowest BCUT2D eigenvalue weighted by molar-refractivity contribution is 0.933. The highest BCUT2D eigenvalue weighted by atomic mass is 15.2. The standard InChI is InChI=1S/C8H6N4/c9-4-3-7-6-12-8(11-7)2-1-5-10-12/h1-2,5-6H,3H2. The van der Waals surface area contributed by atoms with E-state index in [4.69, 9.17) is 5.26 Å². The fourth-order valence-electron chi connectivity index (χ4n) is 1.05. The Morgan fingerprint density at radius 2 is 2.50 bits per heavy atom. The number of nitrogens with zero attached hydrogens (tertiary/aromatic N) is 4. The van der Waals surface area contributed by atoms with Crippen LogP contribution in [-0.2, 0) is 6.42 Å². The van der Waals surface area contributed by atoms with Crippen molar-refractivity contribution >= 4 is 5.65 Å². The molecule has 0 aliphatic heterocycles. The van der Waals surface area contributed by atoms with Crippen LogP contribution in [0.4, 0.5) is 0 Å². The topological polar surface area (TPSA) is 54.0 Å². The zero-order valence-corrected chi connectivity index (χ0v) is 6.31. The van der Waals surface area contributed by atoms with E-state index in [1.54, 1.807) is 16.9 Å². The number of aromatic nitrogens is 3. The van der Waals surface area contributed by atoms with Gasteiger partial charge in [0.1, 0.15) is 0 Å². The van der Waals surface area contributed by atoms with Crippen LogP contribution in [0.5, 0.6) is 0 Å². The molecule has 0 unspecified atom stereocenters. The van der Waals surface area contributed by atoms with E-state index >= 15 is 0 Å². The molecular formula is C8H6N4. The minimum absolute atomic E-state index is 0.337. The lowest BCUT2D eigenvalue weighted by atomic mass is 10.4. The lowest BCUT2D eigenvalue weighted by Crippen LogP contribution is -1.85. The Balaban J connectivity index is 2.56. The van der Waals surface area contributed by atoms with Gasteiger partial charge in [-0.3, -0.25) is 0 Å². The minimum Gasteiger partial charge on any atom is -0.231 e. The van der Waals surface area contributed by atoms with Crippen LogP contribution < -0.4 is 0 Å². The van der Waals surface area contributed by atoms with E-state index in [1.165, 1.54) is 0 Å². The van der Waals surface area contributed by atoms with Crippen LogP contribution in [0, 0.1) is 11.3 Å². The van der Waals surface area contributed by atoms with Crippen molar-refractivity contribution in [2.45, 2.75) is 6.42 Å². The summed E-state index contributed by atoms with van der Waals surface area (Å²) in [7, 11) is 0. The number of fused-ring (bicyclic) bond motifs is 1. The molecule has 0 N–H and O–H groups in total. The number of nitriles is 1. The second-order valence-corrected chi connectivity index (χ2v) is 2.39. The first kappa shape index (κ1) is 6.80. The maximum Gasteiger partial charge on any atom is 0.153 e. The molecule has 0 fully saturated rings. The maximum atomic E-state index is 8.43. The predicted octanol–water partition coefficient (Wildman–Crippen LogP) is 0.795. The number of hydrogen-bond donors (Lipinski definition) is 0. The largest absolute Gasteiger partial charge is 0.231 e. The first-order chi connectivity index (χ1) is 5.90. The Bertz CT molecular complexity index is 404. The lowest BCUT2D eigenvalue weighted by Gasteiger charge is -1.85. The fourth-order valence-corrected chi connectivity index (χ4v) is 1.05. The van der Waals surface area contributed by atoms with Crippen LogP contribution in [0.2, 0.25) is 0 Å². The van der Waals surface area contributed by atoms with Crippen molar-refractivity contribution in [1.29, 1.82) is 5.26 Å². The van der Waals surface area contributed by atoms with Gasteiger partial charge < -0.3 is 0 Å². The molecule has 2 rings (SSSR count). The van der Waals surface area contributed by atoms with Gasteiger partial charge in [-0.1, -0.05) is 0 Å². The molecule has 0 bridgehead atoms. The van der Waals surface area contributed by atoms with E-state index in [9.17, 15) is 0 Å². The Hall–Kier alpha value is -1.89. The van der Waals surface area contributed by atoms with Crippen LogP contribution in [-0.4, -0.2) is 14.6 Å². The first-order valence-corrected chi connectivity index (χ1v) is 3.56. The molecule has 0 saturated carbocycles. The summed E-state index contributed by atoms with van der Waals surface area (Å²) in [6.45, 7) is 0. The van der Waals surface area contributed by atoms with Gasteiger partial charge >= 0.3 is 0 Å². The third-order valence-corrected chi connectivity index (χ3v) is 1.55. The molecule has 0 radical (unpaired) electrons. The van der Waals surface area contributed by atoms with E-state index in [-0.39, 0.29) is 0 Å². The van der Waals surface area contributed by atoms with E-state index in [2.05, 4.69) is 10.1 Å². The van der Waals surface area contributed by atoms with Crippen LogP contribution >= 0.6 is 0 Å². The molecule has 4 nitrogen and oxygen atoms in total. The molecule has 0 atom stereocenters. The van der Waals surface area contributed by atoms with Crippen LogP contribution in [0.25, 0.3) is 5.65 Å². The van der Waals surface area contributed by atoms with Crippen molar-refractivity contribution in [1.82, 2.24) is 14.6 Å². The summed E-state index contributed by atoms with van der Waals surface area (Å²) in [6, 6.07) is 5.71. The van der Waals surface area contributed by atoms with Crippen molar-refractivity contribution in [3.05, 3.63) is 30.2 Å². The molecule has 0 saturated heterocycles. The number of imidazole rings is 1. The number of hydrogen-bond acceptors (Lipinski definition) is 3. The Kier molecular flexibility index (Phi) is 1.49. The van der Waals surface area contributed by atoms with Crippen LogP contribution in [0.3, 0.4) is 0 Å². The van der Waals surface area contributed by atoms with Crippen LogP contribution in [0.1, 0.15) is 5.69 Å². The van der Waals surface area contributed by atoms with Gasteiger partial charge in [-0.25, -0.2) is 9.50 Å². The van der Waals surface area contributed by atoms with Gasteiger partial charge in [0.05, 0.1) is 24.4 Å². The molecule has 2 aromatic heterocycles. The third-order valence-electron chi connectivity index (χ3n) is 1.55. The van der Waals surface area contributed by atoms with Crippen molar-refractivity contribution in [2.75, 3.05) is 0 Å². The van der Waals surface area contributed by atoms with Crippen molar-refractivity contribution in [3.8, 4) is 6.07 Å². The summed E-state index contributed by atoms with van der Waals surface area (Å²) in [6.07, 6.45) is 3.78. The smallest absolute Gasteiger partial charge is 0.153 e. The quantitative estimate of drug-likeness (QED) is 0.616. The van der Waals surface area contributed by atoms with Crippen molar-refractivity contribution in [2.24, 2.45) is 0 Å². The molecule has 0 aromatic carbocycles. The highest BCUT2D eigenvalue weighted by Crippen LogP contribution is 2.01. The molecule has 0 aliphatic rings. The van der Waals surface area contributed by atoms with Crippen molar-refractivity contribution in [3.63, 3.8) is 0 Å².